The molecule has 2 N–H and O–H groups in total. The smallest absolute Gasteiger partial charge is 0.136 e. The molecule has 0 aliphatic heterocycles. The molecule has 0 spiro atoms. The molecule has 0 atom stereocenters. The molecule has 90 valence electrons. The summed E-state index contributed by atoms with van der Waals surface area (Å²) >= 11 is 1.60. The van der Waals surface area contributed by atoms with E-state index >= 15 is 0 Å². The van der Waals surface area contributed by atoms with E-state index in [1.165, 1.54) is 11.1 Å². The quantitative estimate of drug-likeness (QED) is 0.765. The van der Waals surface area contributed by atoms with Crippen LogP contribution in [0.15, 0.2) is 35.7 Å². The molecule has 0 aliphatic carbocycles. The Morgan fingerprint density at radius 2 is 1.89 bits per heavy atom. The average molecular weight is 255 g/mol. The number of nitrogen functional groups attached to an aromatic ring is 1. The third kappa shape index (κ3) is 2.07. The van der Waals surface area contributed by atoms with Gasteiger partial charge in [0, 0.05) is 6.42 Å². The number of anilines is 1. The summed E-state index contributed by atoms with van der Waals surface area (Å²) in [5, 5.41) is 2.94. The summed E-state index contributed by atoms with van der Waals surface area (Å²) in [4.78, 5) is 9.87. The molecule has 0 fully saturated rings. The first-order valence-electron chi connectivity index (χ1n) is 5.77. The lowest BCUT2D eigenvalue weighted by Crippen LogP contribution is -2.00. The summed E-state index contributed by atoms with van der Waals surface area (Å²) in [7, 11) is 0. The predicted molar refractivity (Wildman–Crippen MR) is 75.8 cm³/mol. The Morgan fingerprint density at radius 1 is 1.11 bits per heavy atom. The van der Waals surface area contributed by atoms with Crippen LogP contribution in [-0.4, -0.2) is 9.97 Å². The fraction of sp³-hybridized carbons (Fsp3) is 0.143. The van der Waals surface area contributed by atoms with E-state index in [4.69, 9.17) is 5.73 Å². The molecule has 18 heavy (non-hydrogen) atoms. The number of nitrogens with two attached hydrogens (primary N) is 1. The summed E-state index contributed by atoms with van der Waals surface area (Å²) in [6.07, 6.45) is 0.721. The molecular weight excluding hydrogens is 242 g/mol. The Labute approximate surface area is 109 Å². The van der Waals surface area contributed by atoms with Crippen LogP contribution in [-0.2, 0) is 6.42 Å². The number of hydrogen-bond donors (Lipinski definition) is 1. The number of benzene rings is 1. The molecule has 4 heteroatoms. The van der Waals surface area contributed by atoms with Crippen LogP contribution in [0.4, 0.5) is 5.82 Å². The van der Waals surface area contributed by atoms with Crippen LogP contribution in [0.2, 0.25) is 0 Å². The Morgan fingerprint density at radius 3 is 2.67 bits per heavy atom. The molecule has 3 rings (SSSR count). The van der Waals surface area contributed by atoms with E-state index in [0.29, 0.717) is 5.82 Å². The van der Waals surface area contributed by atoms with Gasteiger partial charge in [-0.15, -0.1) is 11.3 Å². The third-order valence-corrected chi connectivity index (χ3v) is 3.69. The summed E-state index contributed by atoms with van der Waals surface area (Å²) in [5.74, 6) is 1.36. The second-order valence-electron chi connectivity index (χ2n) is 4.33. The lowest BCUT2D eigenvalue weighted by molar-refractivity contribution is 1.00. The second-order valence-corrected chi connectivity index (χ2v) is 5.22. The molecule has 0 aliphatic rings. The minimum absolute atomic E-state index is 0.573. The minimum Gasteiger partial charge on any atom is -0.383 e. The maximum absolute atomic E-state index is 5.93. The summed E-state index contributed by atoms with van der Waals surface area (Å²) < 4.78 is 0. The topological polar surface area (TPSA) is 51.8 Å². The van der Waals surface area contributed by atoms with Crippen molar-refractivity contribution in [2.75, 3.05) is 5.73 Å². The van der Waals surface area contributed by atoms with Crippen LogP contribution in [0.5, 0.6) is 0 Å². The molecule has 0 radical (unpaired) electrons. The molecule has 3 nitrogen and oxygen atoms in total. The number of rotatable bonds is 2. The van der Waals surface area contributed by atoms with Crippen molar-refractivity contribution in [2.45, 2.75) is 13.3 Å². The van der Waals surface area contributed by atoms with E-state index < -0.39 is 0 Å². The fourth-order valence-electron chi connectivity index (χ4n) is 1.89. The maximum atomic E-state index is 5.93. The minimum atomic E-state index is 0.573. The van der Waals surface area contributed by atoms with Crippen LogP contribution in [0.25, 0.3) is 10.2 Å². The highest BCUT2D eigenvalue weighted by Gasteiger charge is 2.06. The maximum Gasteiger partial charge on any atom is 0.136 e. The predicted octanol–water partition coefficient (Wildman–Crippen LogP) is 3.17. The van der Waals surface area contributed by atoms with Gasteiger partial charge in [0.2, 0.25) is 0 Å². The van der Waals surface area contributed by atoms with Gasteiger partial charge in [-0.2, -0.15) is 0 Å². The molecule has 1 aromatic carbocycles. The number of thiophene rings is 1. The Bertz CT molecular complexity index is 686. The monoisotopic (exact) mass is 255 g/mol. The van der Waals surface area contributed by atoms with Crippen molar-refractivity contribution in [3.8, 4) is 0 Å². The zero-order valence-electron chi connectivity index (χ0n) is 10.1. The highest BCUT2D eigenvalue weighted by atomic mass is 32.1. The molecule has 0 saturated heterocycles. The van der Waals surface area contributed by atoms with Crippen molar-refractivity contribution in [3.05, 3.63) is 52.7 Å². The highest BCUT2D eigenvalue weighted by molar-refractivity contribution is 7.16. The van der Waals surface area contributed by atoms with Gasteiger partial charge in [-0.3, -0.25) is 0 Å². The van der Waals surface area contributed by atoms with E-state index in [1.54, 1.807) is 11.3 Å². The first kappa shape index (κ1) is 11.2. The van der Waals surface area contributed by atoms with Gasteiger partial charge >= 0.3 is 0 Å². The molecular formula is C14H13N3S. The standard InChI is InChI=1S/C14H13N3S/c1-9-2-4-10(5-3-9)8-12-16-13(15)11-6-7-18-14(11)17-12/h2-7H,8H2,1H3,(H2,15,16,17). The second kappa shape index (κ2) is 4.38. The van der Waals surface area contributed by atoms with Crippen LogP contribution >= 0.6 is 11.3 Å². The molecule has 0 bridgehead atoms. The first-order chi connectivity index (χ1) is 8.72. The lowest BCUT2D eigenvalue weighted by atomic mass is 10.1. The van der Waals surface area contributed by atoms with Gasteiger partial charge in [0.1, 0.15) is 16.5 Å². The summed E-state index contributed by atoms with van der Waals surface area (Å²) in [6.45, 7) is 2.08. The van der Waals surface area contributed by atoms with Crippen molar-refractivity contribution >= 4 is 27.4 Å². The van der Waals surface area contributed by atoms with Crippen molar-refractivity contribution < 1.29 is 0 Å². The zero-order valence-corrected chi connectivity index (χ0v) is 10.9. The van der Waals surface area contributed by atoms with Crippen molar-refractivity contribution in [2.24, 2.45) is 0 Å². The third-order valence-electron chi connectivity index (χ3n) is 2.88. The Hall–Kier alpha value is -1.94. The Kier molecular flexibility index (Phi) is 2.72. The van der Waals surface area contributed by atoms with E-state index in [2.05, 4.69) is 41.2 Å². The number of aromatic nitrogens is 2. The largest absolute Gasteiger partial charge is 0.383 e. The number of hydrogen-bond acceptors (Lipinski definition) is 4. The van der Waals surface area contributed by atoms with Gasteiger partial charge in [-0.05, 0) is 23.9 Å². The van der Waals surface area contributed by atoms with Crippen LogP contribution in [0, 0.1) is 6.92 Å². The highest BCUT2D eigenvalue weighted by Crippen LogP contribution is 2.23. The van der Waals surface area contributed by atoms with Gasteiger partial charge < -0.3 is 5.73 Å². The fourth-order valence-corrected chi connectivity index (χ4v) is 2.68. The van der Waals surface area contributed by atoms with E-state index in [0.717, 1.165) is 22.5 Å². The van der Waals surface area contributed by atoms with Crippen LogP contribution in [0.3, 0.4) is 0 Å². The van der Waals surface area contributed by atoms with Gasteiger partial charge in [0.15, 0.2) is 0 Å². The number of fused-ring (bicyclic) bond motifs is 1. The normalized spacial score (nSPS) is 10.9. The molecule has 2 aromatic heterocycles. The Balaban J connectivity index is 1.97. The number of aryl methyl sites for hydroxylation is 1. The van der Waals surface area contributed by atoms with Crippen molar-refractivity contribution in [1.82, 2.24) is 9.97 Å². The average Bonchev–Trinajstić information content (AvgIpc) is 2.81. The van der Waals surface area contributed by atoms with Gasteiger partial charge in [0.25, 0.3) is 0 Å². The lowest BCUT2D eigenvalue weighted by Gasteiger charge is -2.03. The van der Waals surface area contributed by atoms with E-state index in [9.17, 15) is 0 Å². The zero-order chi connectivity index (χ0) is 12.5. The molecule has 0 unspecified atom stereocenters. The van der Waals surface area contributed by atoms with Gasteiger partial charge in [-0.1, -0.05) is 29.8 Å². The first-order valence-corrected chi connectivity index (χ1v) is 6.65. The van der Waals surface area contributed by atoms with E-state index in [-0.39, 0.29) is 0 Å². The molecule has 3 aromatic rings. The summed E-state index contributed by atoms with van der Waals surface area (Å²) in [6, 6.07) is 10.4. The van der Waals surface area contributed by atoms with Gasteiger partial charge in [0.05, 0.1) is 5.39 Å². The molecule has 2 heterocycles. The van der Waals surface area contributed by atoms with E-state index in [1.807, 2.05) is 11.4 Å². The van der Waals surface area contributed by atoms with Crippen molar-refractivity contribution in [1.29, 1.82) is 0 Å². The SMILES string of the molecule is Cc1ccc(Cc2nc(N)c3ccsc3n2)cc1. The number of nitrogens with zero attached hydrogens (tertiary/aromatic N) is 2. The van der Waals surface area contributed by atoms with Crippen LogP contribution < -0.4 is 5.73 Å². The molecule has 0 saturated carbocycles. The van der Waals surface area contributed by atoms with Crippen LogP contribution in [0.1, 0.15) is 17.0 Å². The van der Waals surface area contributed by atoms with Crippen molar-refractivity contribution in [3.63, 3.8) is 0 Å². The van der Waals surface area contributed by atoms with Gasteiger partial charge in [-0.25, -0.2) is 9.97 Å². The summed E-state index contributed by atoms with van der Waals surface area (Å²) in [5.41, 5.74) is 8.40. The molecule has 0 amide bonds.